The third-order valence-corrected chi connectivity index (χ3v) is 5.02. The van der Waals surface area contributed by atoms with Gasteiger partial charge in [-0.2, -0.15) is 10.1 Å². The maximum Gasteiger partial charge on any atom is 0.255 e. The molecule has 1 aliphatic rings. The second-order valence-electron chi connectivity index (χ2n) is 7.01. The van der Waals surface area contributed by atoms with E-state index in [1.165, 1.54) is 11.9 Å². The first-order valence-corrected chi connectivity index (χ1v) is 9.41. The van der Waals surface area contributed by atoms with Gasteiger partial charge in [0.15, 0.2) is 0 Å². The molecule has 6 heteroatoms. The Bertz CT molecular complexity index is 1050. The molecule has 0 spiro atoms. The minimum atomic E-state index is -0.338. The predicted molar refractivity (Wildman–Crippen MR) is 110 cm³/mol. The molecular weight excluding hydrogens is 350 g/mol. The molecule has 1 unspecified atom stereocenters. The Labute approximate surface area is 164 Å². The summed E-state index contributed by atoms with van der Waals surface area (Å²) >= 11 is 0. The van der Waals surface area contributed by atoms with Crippen LogP contribution in [0.2, 0.25) is 0 Å². The zero-order valence-corrected chi connectivity index (χ0v) is 16.2. The third-order valence-electron chi connectivity index (χ3n) is 5.02. The van der Waals surface area contributed by atoms with Crippen molar-refractivity contribution in [3.05, 3.63) is 82.8 Å². The molecule has 0 radical (unpaired) electrons. The Hall–Kier alpha value is -3.41. The summed E-state index contributed by atoms with van der Waals surface area (Å²) in [7, 11) is 0. The lowest BCUT2D eigenvalue weighted by Crippen LogP contribution is -2.31. The second kappa shape index (κ2) is 7.31. The van der Waals surface area contributed by atoms with Crippen LogP contribution in [-0.4, -0.2) is 20.7 Å². The van der Waals surface area contributed by atoms with E-state index >= 15 is 0 Å². The lowest BCUT2D eigenvalue weighted by molar-refractivity contribution is -0.113. The zero-order chi connectivity index (χ0) is 19.7. The number of aromatic nitrogens is 3. The van der Waals surface area contributed by atoms with Gasteiger partial charge < -0.3 is 10.6 Å². The summed E-state index contributed by atoms with van der Waals surface area (Å²) in [6, 6.07) is 15.8. The van der Waals surface area contributed by atoms with E-state index in [1.807, 2.05) is 38.1 Å². The van der Waals surface area contributed by atoms with Gasteiger partial charge in [-0.3, -0.25) is 4.79 Å². The molecule has 2 aromatic carbocycles. The number of aryl methyl sites for hydroxylation is 2. The van der Waals surface area contributed by atoms with Gasteiger partial charge in [0.05, 0.1) is 5.57 Å². The highest BCUT2D eigenvalue weighted by molar-refractivity contribution is 6.06. The van der Waals surface area contributed by atoms with Crippen molar-refractivity contribution in [1.82, 2.24) is 14.8 Å². The number of nitrogens with one attached hydrogen (secondary N) is 2. The number of amides is 1. The smallest absolute Gasteiger partial charge is 0.255 e. The number of hydrogen-bond acceptors (Lipinski definition) is 4. The summed E-state index contributed by atoms with van der Waals surface area (Å²) in [4.78, 5) is 17.5. The molecule has 1 aliphatic heterocycles. The van der Waals surface area contributed by atoms with Crippen molar-refractivity contribution in [1.29, 1.82) is 0 Å². The summed E-state index contributed by atoms with van der Waals surface area (Å²) in [6.45, 7) is 6.03. The van der Waals surface area contributed by atoms with E-state index in [4.69, 9.17) is 0 Å². The van der Waals surface area contributed by atoms with Crippen LogP contribution in [0.4, 0.5) is 11.6 Å². The van der Waals surface area contributed by atoms with Crippen LogP contribution in [-0.2, 0) is 11.2 Å². The molecule has 0 aliphatic carbocycles. The zero-order valence-electron chi connectivity index (χ0n) is 16.2. The molecule has 3 aromatic rings. The van der Waals surface area contributed by atoms with Crippen LogP contribution in [0.5, 0.6) is 0 Å². The van der Waals surface area contributed by atoms with E-state index in [1.54, 1.807) is 4.68 Å². The standard InChI is InChI=1S/C22H23N5O/c1-4-16-8-10-17(11-9-16)20-19(15(3)25-22-23-13-24-27(20)22)21(28)26-18-7-5-6-14(2)12-18/h5-13,20H,4H2,1-3H3,(H,26,28)(H,23,24,25). The maximum absolute atomic E-state index is 13.3. The Kier molecular flexibility index (Phi) is 4.69. The summed E-state index contributed by atoms with van der Waals surface area (Å²) in [6.07, 6.45) is 2.47. The molecule has 0 fully saturated rings. The van der Waals surface area contributed by atoms with E-state index < -0.39 is 0 Å². The number of hydrogen-bond donors (Lipinski definition) is 2. The fourth-order valence-electron chi connectivity index (χ4n) is 3.55. The molecule has 28 heavy (non-hydrogen) atoms. The van der Waals surface area contributed by atoms with Crippen molar-refractivity contribution in [3.8, 4) is 0 Å². The van der Waals surface area contributed by atoms with Gasteiger partial charge in [0.1, 0.15) is 12.4 Å². The Morgan fingerprint density at radius 1 is 1.18 bits per heavy atom. The van der Waals surface area contributed by atoms with E-state index in [9.17, 15) is 4.79 Å². The van der Waals surface area contributed by atoms with Crippen LogP contribution >= 0.6 is 0 Å². The number of anilines is 2. The Morgan fingerprint density at radius 3 is 2.68 bits per heavy atom. The number of rotatable bonds is 4. The number of fused-ring (bicyclic) bond motifs is 1. The molecule has 2 heterocycles. The molecule has 0 saturated heterocycles. The van der Waals surface area contributed by atoms with Crippen LogP contribution in [0.15, 0.2) is 66.1 Å². The van der Waals surface area contributed by atoms with Gasteiger partial charge in [-0.25, -0.2) is 4.68 Å². The minimum Gasteiger partial charge on any atom is -0.328 e. The molecule has 0 bridgehead atoms. The Morgan fingerprint density at radius 2 is 1.96 bits per heavy atom. The maximum atomic E-state index is 13.3. The fourth-order valence-corrected chi connectivity index (χ4v) is 3.55. The number of carbonyl (C=O) groups is 1. The Balaban J connectivity index is 1.74. The number of nitrogens with zero attached hydrogens (tertiary/aromatic N) is 3. The summed E-state index contributed by atoms with van der Waals surface area (Å²) in [5, 5.41) is 10.6. The quantitative estimate of drug-likeness (QED) is 0.723. The minimum absolute atomic E-state index is 0.152. The number of benzene rings is 2. The highest BCUT2D eigenvalue weighted by atomic mass is 16.1. The van der Waals surface area contributed by atoms with Gasteiger partial charge >= 0.3 is 0 Å². The van der Waals surface area contributed by atoms with E-state index in [0.29, 0.717) is 11.5 Å². The van der Waals surface area contributed by atoms with Crippen LogP contribution in [0, 0.1) is 6.92 Å². The molecule has 2 N–H and O–H groups in total. The van der Waals surface area contributed by atoms with E-state index in [0.717, 1.165) is 28.9 Å². The molecule has 4 rings (SSSR count). The van der Waals surface area contributed by atoms with Gasteiger partial charge in [0.25, 0.3) is 5.91 Å². The summed E-state index contributed by atoms with van der Waals surface area (Å²) in [5.41, 5.74) is 5.52. The number of allylic oxidation sites excluding steroid dienone is 1. The SMILES string of the molecule is CCc1ccc(C2C(C(=O)Nc3cccc(C)c3)=C(C)Nc3ncnn32)cc1. The molecule has 1 amide bonds. The lowest BCUT2D eigenvalue weighted by Gasteiger charge is -2.29. The van der Waals surface area contributed by atoms with Crippen molar-refractivity contribution < 1.29 is 4.79 Å². The monoisotopic (exact) mass is 373 g/mol. The van der Waals surface area contributed by atoms with Crippen molar-refractivity contribution in [2.24, 2.45) is 0 Å². The average Bonchev–Trinajstić information content (AvgIpc) is 3.15. The van der Waals surface area contributed by atoms with Crippen molar-refractivity contribution in [3.63, 3.8) is 0 Å². The summed E-state index contributed by atoms with van der Waals surface area (Å²) in [5.74, 6) is 0.482. The molecule has 0 saturated carbocycles. The third kappa shape index (κ3) is 3.29. The van der Waals surface area contributed by atoms with E-state index in [-0.39, 0.29) is 11.9 Å². The average molecular weight is 373 g/mol. The van der Waals surface area contributed by atoms with Crippen molar-refractivity contribution in [2.75, 3.05) is 10.6 Å². The molecule has 142 valence electrons. The van der Waals surface area contributed by atoms with Crippen LogP contribution in [0.1, 0.15) is 36.6 Å². The largest absolute Gasteiger partial charge is 0.328 e. The van der Waals surface area contributed by atoms with Crippen LogP contribution in [0.25, 0.3) is 0 Å². The van der Waals surface area contributed by atoms with Crippen molar-refractivity contribution >= 4 is 17.5 Å². The highest BCUT2D eigenvalue weighted by Gasteiger charge is 2.33. The van der Waals surface area contributed by atoms with Crippen molar-refractivity contribution in [2.45, 2.75) is 33.2 Å². The van der Waals surface area contributed by atoms with Crippen LogP contribution in [0.3, 0.4) is 0 Å². The highest BCUT2D eigenvalue weighted by Crippen LogP contribution is 2.35. The topological polar surface area (TPSA) is 71.8 Å². The number of carbonyl (C=O) groups excluding carboxylic acids is 1. The molecule has 1 atom stereocenters. The van der Waals surface area contributed by atoms with Gasteiger partial charge in [0.2, 0.25) is 5.95 Å². The summed E-state index contributed by atoms with van der Waals surface area (Å²) < 4.78 is 1.76. The first kappa shape index (κ1) is 18.0. The van der Waals surface area contributed by atoms with E-state index in [2.05, 4.69) is 51.9 Å². The molecule has 1 aromatic heterocycles. The lowest BCUT2D eigenvalue weighted by atomic mass is 9.94. The molecule has 6 nitrogen and oxygen atoms in total. The van der Waals surface area contributed by atoms with Gasteiger partial charge in [-0.15, -0.1) is 0 Å². The normalized spacial score (nSPS) is 15.8. The van der Waals surface area contributed by atoms with Gasteiger partial charge in [0, 0.05) is 11.4 Å². The first-order chi connectivity index (χ1) is 13.6. The van der Waals surface area contributed by atoms with Gasteiger partial charge in [-0.05, 0) is 49.1 Å². The fraction of sp³-hybridized carbons (Fsp3) is 0.227. The first-order valence-electron chi connectivity index (χ1n) is 9.41. The predicted octanol–water partition coefficient (Wildman–Crippen LogP) is 4.08. The van der Waals surface area contributed by atoms with Gasteiger partial charge in [-0.1, -0.05) is 43.3 Å². The van der Waals surface area contributed by atoms with Crippen LogP contribution < -0.4 is 10.6 Å². The second-order valence-corrected chi connectivity index (χ2v) is 7.01. The molecular formula is C22H23N5O.